The largest absolute Gasteiger partial charge is 0.393 e. The quantitative estimate of drug-likeness (QED) is 0.346. The molecule has 1 aliphatic carbocycles. The van der Waals surface area contributed by atoms with Crippen LogP contribution in [0.3, 0.4) is 0 Å². The summed E-state index contributed by atoms with van der Waals surface area (Å²) in [5, 5.41) is 30.8. The number of aliphatic hydroxyl groups is 3. The number of aliphatic hydroxyl groups excluding tert-OH is 3. The lowest BCUT2D eigenvalue weighted by Crippen LogP contribution is -2.20. The highest BCUT2D eigenvalue weighted by Gasteiger charge is 2.39. The topological polar surface area (TPSA) is 104 Å². The Labute approximate surface area is 167 Å². The smallest absolute Gasteiger partial charge is 0.217 e. The molecule has 0 heterocycles. The van der Waals surface area contributed by atoms with Gasteiger partial charge in [0.1, 0.15) is 0 Å². The lowest BCUT2D eigenvalue weighted by Gasteiger charge is -2.19. The first-order chi connectivity index (χ1) is 13.5. The van der Waals surface area contributed by atoms with Crippen molar-refractivity contribution in [3.05, 3.63) is 60.2 Å². The molecule has 1 fully saturated rings. The van der Waals surface area contributed by atoms with Gasteiger partial charge >= 0.3 is 0 Å². The second-order valence-electron chi connectivity index (χ2n) is 7.65. The molecule has 1 saturated carbocycles. The van der Waals surface area contributed by atoms with E-state index in [2.05, 4.69) is 0 Å². The van der Waals surface area contributed by atoms with Gasteiger partial charge in [-0.1, -0.05) is 54.6 Å². The Morgan fingerprint density at radius 2 is 1.93 bits per heavy atom. The van der Waals surface area contributed by atoms with Crippen LogP contribution in [0.5, 0.6) is 0 Å². The van der Waals surface area contributed by atoms with Gasteiger partial charge in [-0.3, -0.25) is 4.79 Å². The molecule has 5 atom stereocenters. The highest BCUT2D eigenvalue weighted by atomic mass is 16.3. The van der Waals surface area contributed by atoms with E-state index in [9.17, 15) is 20.1 Å². The van der Waals surface area contributed by atoms with Crippen molar-refractivity contribution < 1.29 is 20.1 Å². The number of amides is 1. The molecule has 0 bridgehead atoms. The molecule has 5 nitrogen and oxygen atoms in total. The third kappa shape index (κ3) is 7.58. The van der Waals surface area contributed by atoms with E-state index in [0.717, 1.165) is 19.3 Å². The van der Waals surface area contributed by atoms with Crippen LogP contribution in [0.15, 0.2) is 54.6 Å². The third-order valence-corrected chi connectivity index (χ3v) is 5.41. The summed E-state index contributed by atoms with van der Waals surface area (Å²) in [7, 11) is 0. The van der Waals surface area contributed by atoms with Gasteiger partial charge in [-0.2, -0.15) is 0 Å². The van der Waals surface area contributed by atoms with Crippen molar-refractivity contribution in [3.8, 4) is 0 Å². The Kier molecular flexibility index (Phi) is 9.41. The number of primary amides is 1. The molecule has 0 spiro atoms. The van der Waals surface area contributed by atoms with Gasteiger partial charge in [0, 0.05) is 18.8 Å². The average molecular weight is 388 g/mol. The molecule has 0 unspecified atom stereocenters. The molecule has 0 aromatic heterocycles. The molecule has 5 N–H and O–H groups in total. The summed E-state index contributed by atoms with van der Waals surface area (Å²) in [4.78, 5) is 10.7. The molecule has 0 aliphatic heterocycles. The number of carbonyl (C=O) groups excluding carboxylic acids is 1. The van der Waals surface area contributed by atoms with Crippen LogP contribution in [0.2, 0.25) is 0 Å². The van der Waals surface area contributed by atoms with Gasteiger partial charge in [-0.25, -0.2) is 0 Å². The summed E-state index contributed by atoms with van der Waals surface area (Å²) in [5.74, 6) is -0.532. The number of allylic oxidation sites excluding steroid dienone is 2. The number of aryl methyl sites for hydroxylation is 1. The van der Waals surface area contributed by atoms with Gasteiger partial charge < -0.3 is 21.1 Å². The summed E-state index contributed by atoms with van der Waals surface area (Å²) < 4.78 is 0. The molecule has 2 rings (SSSR count). The summed E-state index contributed by atoms with van der Waals surface area (Å²) in [5.41, 5.74) is 6.30. The van der Waals surface area contributed by atoms with Crippen LogP contribution in [-0.2, 0) is 11.2 Å². The maximum atomic E-state index is 10.7. The van der Waals surface area contributed by atoms with Crippen molar-refractivity contribution in [2.45, 2.75) is 63.3 Å². The number of unbranched alkanes of at least 4 members (excludes halogenated alkanes) is 1. The van der Waals surface area contributed by atoms with Crippen LogP contribution in [0.1, 0.15) is 44.1 Å². The van der Waals surface area contributed by atoms with Crippen LogP contribution in [-0.4, -0.2) is 39.5 Å². The molecule has 1 aromatic rings. The van der Waals surface area contributed by atoms with Gasteiger partial charge in [-0.15, -0.1) is 0 Å². The lowest BCUT2D eigenvalue weighted by molar-refractivity contribution is -0.118. The number of carbonyl (C=O) groups is 1. The van der Waals surface area contributed by atoms with Gasteiger partial charge in [-0.05, 0) is 43.6 Å². The zero-order valence-electron chi connectivity index (χ0n) is 16.4. The fourth-order valence-electron chi connectivity index (χ4n) is 3.78. The monoisotopic (exact) mass is 387 g/mol. The minimum absolute atomic E-state index is 0.0695. The van der Waals surface area contributed by atoms with E-state index in [1.165, 1.54) is 5.56 Å². The summed E-state index contributed by atoms with van der Waals surface area (Å²) >= 11 is 0. The molecule has 1 aromatic carbocycles. The van der Waals surface area contributed by atoms with E-state index in [4.69, 9.17) is 5.73 Å². The Balaban J connectivity index is 1.82. The highest BCUT2D eigenvalue weighted by molar-refractivity contribution is 5.73. The standard InChI is InChI=1S/C23H33NO4/c24-23(28)11-7-2-1-6-10-19-20(22(27)16-21(19)26)15-14-18(25)13-12-17-8-4-3-5-9-17/h1,3-6,8-9,14-15,18-22,25-27H,2,7,10-13,16H2,(H2,24,28)/b6-1+,15-14+/t18-,19+,20+,21-,22+/m0/s1. The fourth-order valence-corrected chi connectivity index (χ4v) is 3.78. The van der Waals surface area contributed by atoms with Crippen molar-refractivity contribution in [3.63, 3.8) is 0 Å². The highest BCUT2D eigenvalue weighted by Crippen LogP contribution is 2.36. The zero-order chi connectivity index (χ0) is 20.4. The number of hydrogen-bond donors (Lipinski definition) is 4. The molecule has 28 heavy (non-hydrogen) atoms. The maximum absolute atomic E-state index is 10.7. The van der Waals surface area contributed by atoms with E-state index in [1.807, 2.05) is 48.6 Å². The number of hydrogen-bond acceptors (Lipinski definition) is 4. The Hall–Kier alpha value is -1.95. The molecular weight excluding hydrogens is 354 g/mol. The zero-order valence-corrected chi connectivity index (χ0v) is 16.4. The number of rotatable bonds is 11. The van der Waals surface area contributed by atoms with Gasteiger partial charge in [0.2, 0.25) is 5.91 Å². The van der Waals surface area contributed by atoms with E-state index < -0.39 is 18.3 Å². The predicted molar refractivity (Wildman–Crippen MR) is 110 cm³/mol. The van der Waals surface area contributed by atoms with Crippen LogP contribution in [0.4, 0.5) is 0 Å². The molecule has 0 saturated heterocycles. The number of nitrogens with two attached hydrogens (primary N) is 1. The van der Waals surface area contributed by atoms with E-state index in [1.54, 1.807) is 6.08 Å². The Morgan fingerprint density at radius 3 is 2.64 bits per heavy atom. The second kappa shape index (κ2) is 11.8. The van der Waals surface area contributed by atoms with Crippen LogP contribution >= 0.6 is 0 Å². The first-order valence-corrected chi connectivity index (χ1v) is 10.2. The normalized spacial score (nSPS) is 26.2. The van der Waals surface area contributed by atoms with E-state index >= 15 is 0 Å². The Morgan fingerprint density at radius 1 is 1.18 bits per heavy atom. The predicted octanol–water partition coefficient (Wildman–Crippen LogP) is 2.50. The number of benzene rings is 1. The van der Waals surface area contributed by atoms with Crippen molar-refractivity contribution in [1.82, 2.24) is 0 Å². The first-order valence-electron chi connectivity index (χ1n) is 10.2. The summed E-state index contributed by atoms with van der Waals surface area (Å²) in [6.07, 6.45) is 10.2. The molecule has 1 amide bonds. The van der Waals surface area contributed by atoms with Crippen LogP contribution in [0, 0.1) is 11.8 Å². The third-order valence-electron chi connectivity index (χ3n) is 5.41. The molecular formula is C23H33NO4. The van der Waals surface area contributed by atoms with Gasteiger partial charge in [0.15, 0.2) is 0 Å². The Bertz CT molecular complexity index is 643. The van der Waals surface area contributed by atoms with E-state index in [-0.39, 0.29) is 17.7 Å². The fraction of sp³-hybridized carbons (Fsp3) is 0.522. The molecule has 0 radical (unpaired) electrons. The minimum Gasteiger partial charge on any atom is -0.393 e. The SMILES string of the molecule is NC(=O)CCC/C=C/C[C@@H]1[C@@H](/C=C/[C@@H](O)CCc2ccccc2)[C@H](O)C[C@@H]1O. The first kappa shape index (κ1) is 22.3. The van der Waals surface area contributed by atoms with Crippen molar-refractivity contribution in [2.24, 2.45) is 17.6 Å². The van der Waals surface area contributed by atoms with Crippen molar-refractivity contribution in [1.29, 1.82) is 0 Å². The van der Waals surface area contributed by atoms with Crippen molar-refractivity contribution >= 4 is 5.91 Å². The molecule has 1 aliphatic rings. The lowest BCUT2D eigenvalue weighted by atomic mass is 9.89. The van der Waals surface area contributed by atoms with Gasteiger partial charge in [0.25, 0.3) is 0 Å². The van der Waals surface area contributed by atoms with Crippen LogP contribution < -0.4 is 5.73 Å². The van der Waals surface area contributed by atoms with Crippen molar-refractivity contribution in [2.75, 3.05) is 0 Å². The van der Waals surface area contributed by atoms with Gasteiger partial charge in [0.05, 0.1) is 18.3 Å². The molecule has 5 heteroatoms. The summed E-state index contributed by atoms with van der Waals surface area (Å²) in [6, 6.07) is 10.0. The summed E-state index contributed by atoms with van der Waals surface area (Å²) in [6.45, 7) is 0. The maximum Gasteiger partial charge on any atom is 0.217 e. The molecule has 154 valence electrons. The van der Waals surface area contributed by atoms with E-state index in [0.29, 0.717) is 25.7 Å². The average Bonchev–Trinajstić information content (AvgIpc) is 2.94. The van der Waals surface area contributed by atoms with Crippen LogP contribution in [0.25, 0.3) is 0 Å². The minimum atomic E-state index is -0.596. The second-order valence-corrected chi connectivity index (χ2v) is 7.65.